The second kappa shape index (κ2) is 16.8. The largest absolute Gasteiger partial charge is 0.450 e. The molecule has 22 heavy (non-hydrogen) atoms. The Bertz CT molecular complexity index is 266. The number of ether oxygens (including phenoxy) is 2. The highest BCUT2D eigenvalue weighted by Crippen LogP contribution is 1.98. The maximum Gasteiger partial charge on any atom is 0.407 e. The van der Waals surface area contributed by atoms with Crippen LogP contribution in [0.15, 0.2) is 0 Å². The predicted octanol–water partition coefficient (Wildman–Crippen LogP) is 2.53. The standard InChI is InChI=1S/C14H30N2O4P2/c17-13(19-9-5-11-21)15-7-3-1-2-4-8-16-14(18)20-10-6-12-22/h1-12,21-22H2,(H,15,17)(H,16,18). The van der Waals surface area contributed by atoms with Crippen LogP contribution < -0.4 is 10.6 Å². The van der Waals surface area contributed by atoms with Crippen molar-refractivity contribution < 1.29 is 19.1 Å². The molecule has 0 aliphatic heterocycles. The lowest BCUT2D eigenvalue weighted by atomic mass is 10.2. The van der Waals surface area contributed by atoms with E-state index in [2.05, 4.69) is 29.1 Å². The Hall–Kier alpha value is -0.600. The molecule has 8 heteroatoms. The summed E-state index contributed by atoms with van der Waals surface area (Å²) < 4.78 is 9.94. The molecule has 0 radical (unpaired) electrons. The molecule has 0 aliphatic rings. The van der Waals surface area contributed by atoms with E-state index in [4.69, 9.17) is 9.47 Å². The van der Waals surface area contributed by atoms with Crippen molar-refractivity contribution in [3.8, 4) is 0 Å². The van der Waals surface area contributed by atoms with E-state index in [0.717, 1.165) is 50.8 Å². The van der Waals surface area contributed by atoms with Gasteiger partial charge in [0.1, 0.15) is 0 Å². The van der Waals surface area contributed by atoms with E-state index >= 15 is 0 Å². The fraction of sp³-hybridized carbons (Fsp3) is 0.857. The highest BCUT2D eigenvalue weighted by molar-refractivity contribution is 7.16. The number of nitrogens with one attached hydrogen (secondary N) is 2. The highest BCUT2D eigenvalue weighted by Gasteiger charge is 2.01. The van der Waals surface area contributed by atoms with Gasteiger partial charge in [0, 0.05) is 13.1 Å². The first-order valence-electron chi connectivity index (χ1n) is 7.92. The van der Waals surface area contributed by atoms with Gasteiger partial charge in [0.05, 0.1) is 13.2 Å². The summed E-state index contributed by atoms with van der Waals surface area (Å²) >= 11 is 0. The molecule has 2 unspecified atom stereocenters. The van der Waals surface area contributed by atoms with Crippen molar-refractivity contribution in [2.24, 2.45) is 0 Å². The number of unbranched alkanes of at least 4 members (excludes halogenated alkanes) is 3. The van der Waals surface area contributed by atoms with E-state index < -0.39 is 0 Å². The number of hydrogen-bond acceptors (Lipinski definition) is 4. The van der Waals surface area contributed by atoms with Gasteiger partial charge in [0.15, 0.2) is 0 Å². The number of alkyl carbamates (subject to hydrolysis) is 2. The second-order valence-electron chi connectivity index (χ2n) is 4.82. The quantitative estimate of drug-likeness (QED) is 0.394. The summed E-state index contributed by atoms with van der Waals surface area (Å²) in [6, 6.07) is 0. The van der Waals surface area contributed by atoms with Crippen molar-refractivity contribution >= 4 is 30.7 Å². The summed E-state index contributed by atoms with van der Waals surface area (Å²) in [5.74, 6) is 0. The average molecular weight is 352 g/mol. The molecule has 0 fully saturated rings. The molecule has 2 atom stereocenters. The van der Waals surface area contributed by atoms with Gasteiger partial charge >= 0.3 is 12.2 Å². The first-order valence-corrected chi connectivity index (χ1v) is 9.55. The molecule has 0 saturated carbocycles. The molecule has 6 nitrogen and oxygen atoms in total. The summed E-state index contributed by atoms with van der Waals surface area (Å²) in [7, 11) is 5.19. The zero-order valence-corrected chi connectivity index (χ0v) is 15.6. The molecule has 2 amide bonds. The Labute approximate surface area is 138 Å². The van der Waals surface area contributed by atoms with Crippen molar-refractivity contribution in [3.05, 3.63) is 0 Å². The van der Waals surface area contributed by atoms with E-state index in [-0.39, 0.29) is 12.2 Å². The molecule has 0 saturated heterocycles. The zero-order chi connectivity index (χ0) is 16.5. The zero-order valence-electron chi connectivity index (χ0n) is 13.3. The lowest BCUT2D eigenvalue weighted by Crippen LogP contribution is -2.26. The normalized spacial score (nSPS) is 10.1. The Morgan fingerprint density at radius 1 is 0.682 bits per heavy atom. The minimum atomic E-state index is -0.339. The third kappa shape index (κ3) is 15.8. The molecule has 0 rings (SSSR count). The lowest BCUT2D eigenvalue weighted by Gasteiger charge is -2.07. The van der Waals surface area contributed by atoms with Crippen molar-refractivity contribution in [1.29, 1.82) is 0 Å². The molecule has 2 N–H and O–H groups in total. The van der Waals surface area contributed by atoms with Crippen molar-refractivity contribution in [1.82, 2.24) is 10.6 Å². The van der Waals surface area contributed by atoms with E-state index in [1.165, 1.54) is 0 Å². The third-order valence-electron chi connectivity index (χ3n) is 2.81. The first-order chi connectivity index (χ1) is 10.7. The Kier molecular flexibility index (Phi) is 16.3. The molecular formula is C14H30N2O4P2. The van der Waals surface area contributed by atoms with Gasteiger partial charge in [-0.25, -0.2) is 9.59 Å². The van der Waals surface area contributed by atoms with Gasteiger partial charge in [-0.15, -0.1) is 18.5 Å². The summed E-state index contributed by atoms with van der Waals surface area (Å²) in [6.45, 7) is 2.19. The van der Waals surface area contributed by atoms with E-state index in [1.807, 2.05) is 0 Å². The molecule has 130 valence electrons. The number of carbonyl (C=O) groups is 2. The molecule has 0 aromatic heterocycles. The van der Waals surface area contributed by atoms with E-state index in [0.29, 0.717) is 26.3 Å². The maximum absolute atomic E-state index is 11.2. The van der Waals surface area contributed by atoms with Crippen LogP contribution in [0.1, 0.15) is 38.5 Å². The van der Waals surface area contributed by atoms with Crippen LogP contribution in [0, 0.1) is 0 Å². The minimum absolute atomic E-state index is 0.339. The molecule has 0 aromatic carbocycles. The molecule has 0 heterocycles. The fourth-order valence-electron chi connectivity index (χ4n) is 1.58. The molecule has 0 aliphatic carbocycles. The van der Waals surface area contributed by atoms with Gasteiger partial charge < -0.3 is 20.1 Å². The van der Waals surface area contributed by atoms with E-state index in [1.54, 1.807) is 0 Å². The average Bonchev–Trinajstić information content (AvgIpc) is 2.50. The van der Waals surface area contributed by atoms with Crippen LogP contribution >= 0.6 is 18.5 Å². The van der Waals surface area contributed by atoms with Crippen LogP contribution in [0.5, 0.6) is 0 Å². The SMILES string of the molecule is O=C(NCCCCCCNC(=O)OCCCP)OCCCP. The summed E-state index contributed by atoms with van der Waals surface area (Å²) in [4.78, 5) is 22.5. The summed E-state index contributed by atoms with van der Waals surface area (Å²) in [5.41, 5.74) is 0. The van der Waals surface area contributed by atoms with Gasteiger partial charge in [-0.3, -0.25) is 0 Å². The second-order valence-corrected chi connectivity index (χ2v) is 5.98. The van der Waals surface area contributed by atoms with Crippen LogP contribution in [0.4, 0.5) is 9.59 Å². The molecule has 0 aromatic rings. The Morgan fingerprint density at radius 2 is 1.09 bits per heavy atom. The lowest BCUT2D eigenvalue weighted by molar-refractivity contribution is 0.145. The Balaban J connectivity index is 3.23. The van der Waals surface area contributed by atoms with Crippen LogP contribution in [0.2, 0.25) is 0 Å². The number of hydrogen-bond donors (Lipinski definition) is 2. The van der Waals surface area contributed by atoms with Gasteiger partial charge in [0.25, 0.3) is 0 Å². The number of carbonyl (C=O) groups excluding carboxylic acids is 2. The first kappa shape index (κ1) is 21.4. The Morgan fingerprint density at radius 3 is 1.45 bits per heavy atom. The van der Waals surface area contributed by atoms with Crippen LogP contribution in [0.3, 0.4) is 0 Å². The summed E-state index contributed by atoms with van der Waals surface area (Å²) in [6.07, 6.45) is 6.77. The minimum Gasteiger partial charge on any atom is -0.450 e. The third-order valence-corrected chi connectivity index (χ3v) is 3.62. The topological polar surface area (TPSA) is 76.7 Å². The van der Waals surface area contributed by atoms with Crippen LogP contribution in [-0.2, 0) is 9.47 Å². The fourth-order valence-corrected chi connectivity index (χ4v) is 1.92. The number of amides is 2. The molecule has 0 bridgehead atoms. The highest BCUT2D eigenvalue weighted by atomic mass is 31.0. The van der Waals surface area contributed by atoms with Gasteiger partial charge in [-0.1, -0.05) is 12.8 Å². The monoisotopic (exact) mass is 352 g/mol. The molecular weight excluding hydrogens is 322 g/mol. The predicted molar refractivity (Wildman–Crippen MR) is 95.6 cm³/mol. The number of rotatable bonds is 13. The van der Waals surface area contributed by atoms with Gasteiger partial charge in [0.2, 0.25) is 0 Å². The van der Waals surface area contributed by atoms with Crippen LogP contribution in [-0.4, -0.2) is 50.8 Å². The van der Waals surface area contributed by atoms with Gasteiger partial charge in [-0.2, -0.15) is 0 Å². The maximum atomic E-state index is 11.2. The van der Waals surface area contributed by atoms with Crippen molar-refractivity contribution in [2.75, 3.05) is 38.6 Å². The van der Waals surface area contributed by atoms with E-state index in [9.17, 15) is 9.59 Å². The van der Waals surface area contributed by atoms with Crippen molar-refractivity contribution in [3.63, 3.8) is 0 Å². The van der Waals surface area contributed by atoms with Crippen molar-refractivity contribution in [2.45, 2.75) is 38.5 Å². The molecule has 0 spiro atoms. The smallest absolute Gasteiger partial charge is 0.407 e. The summed E-state index contributed by atoms with van der Waals surface area (Å²) in [5, 5.41) is 5.44. The van der Waals surface area contributed by atoms with Crippen LogP contribution in [0.25, 0.3) is 0 Å². The van der Waals surface area contributed by atoms with Gasteiger partial charge in [-0.05, 0) is 38.0 Å².